The van der Waals surface area contributed by atoms with Crippen LogP contribution in [-0.2, 0) is 4.79 Å². The van der Waals surface area contributed by atoms with Crippen LogP contribution in [0.25, 0.3) is 11.1 Å². The van der Waals surface area contributed by atoms with Gasteiger partial charge >= 0.3 is 5.97 Å². The predicted molar refractivity (Wildman–Crippen MR) is 95.6 cm³/mol. The quantitative estimate of drug-likeness (QED) is 0.656. The van der Waals surface area contributed by atoms with E-state index in [2.05, 4.69) is 15.3 Å². The van der Waals surface area contributed by atoms with E-state index in [4.69, 9.17) is 9.52 Å². The molecule has 2 aliphatic rings. The SMILES string of the molecule is Cc1oc2nc[nH]c(=O)c2c1C(=O)NC1CC(N(CC(=O)O)CC2CC2)C1. The molecule has 1 amide bonds. The van der Waals surface area contributed by atoms with Crippen LogP contribution in [0.4, 0.5) is 0 Å². The van der Waals surface area contributed by atoms with Gasteiger partial charge in [0.1, 0.15) is 11.1 Å². The molecule has 144 valence electrons. The Morgan fingerprint density at radius 3 is 2.81 bits per heavy atom. The van der Waals surface area contributed by atoms with E-state index in [9.17, 15) is 14.4 Å². The molecule has 27 heavy (non-hydrogen) atoms. The van der Waals surface area contributed by atoms with Crippen LogP contribution in [0.1, 0.15) is 41.8 Å². The molecule has 0 saturated heterocycles. The van der Waals surface area contributed by atoms with E-state index >= 15 is 0 Å². The molecule has 9 heteroatoms. The van der Waals surface area contributed by atoms with Crippen molar-refractivity contribution in [3.05, 3.63) is 28.0 Å². The van der Waals surface area contributed by atoms with Crippen molar-refractivity contribution in [1.29, 1.82) is 0 Å². The molecule has 9 nitrogen and oxygen atoms in total. The number of amides is 1. The Balaban J connectivity index is 1.41. The van der Waals surface area contributed by atoms with E-state index in [-0.39, 0.29) is 41.2 Å². The summed E-state index contributed by atoms with van der Waals surface area (Å²) in [5, 5.41) is 12.2. The third-order valence-corrected chi connectivity index (χ3v) is 5.39. The van der Waals surface area contributed by atoms with Crippen molar-refractivity contribution in [3.8, 4) is 0 Å². The highest BCUT2D eigenvalue weighted by Crippen LogP contribution is 2.34. The smallest absolute Gasteiger partial charge is 0.317 e. The number of carboxylic acid groups (broad SMARTS) is 1. The second-order valence-electron chi connectivity index (χ2n) is 7.51. The molecule has 0 bridgehead atoms. The minimum Gasteiger partial charge on any atom is -0.480 e. The Labute approximate surface area is 154 Å². The number of aryl methyl sites for hydroxylation is 1. The number of carbonyl (C=O) groups is 2. The number of aliphatic carboxylic acids is 1. The third kappa shape index (κ3) is 3.59. The number of carboxylic acids is 1. The predicted octanol–water partition coefficient (Wildman–Crippen LogP) is 0.882. The lowest BCUT2D eigenvalue weighted by molar-refractivity contribution is -0.139. The van der Waals surface area contributed by atoms with Crippen LogP contribution in [0.15, 0.2) is 15.5 Å². The van der Waals surface area contributed by atoms with Gasteiger partial charge in [0.2, 0.25) is 5.71 Å². The number of fused-ring (bicyclic) bond motifs is 1. The van der Waals surface area contributed by atoms with E-state index in [1.54, 1.807) is 6.92 Å². The molecule has 0 radical (unpaired) electrons. The van der Waals surface area contributed by atoms with Crippen LogP contribution >= 0.6 is 0 Å². The lowest BCUT2D eigenvalue weighted by Gasteiger charge is -2.42. The van der Waals surface area contributed by atoms with Crippen molar-refractivity contribution in [2.45, 2.75) is 44.7 Å². The molecular weight excluding hydrogens is 352 g/mol. The standard InChI is InChI=1S/C18H22N4O5/c1-9-14(15-16(25)19-8-20-18(15)27-9)17(26)21-11-4-12(5-11)22(7-13(23)24)6-10-2-3-10/h8,10-12H,2-7H2,1H3,(H,21,26)(H,23,24)(H,19,20,25). The summed E-state index contributed by atoms with van der Waals surface area (Å²) in [7, 11) is 0. The molecule has 2 saturated carbocycles. The van der Waals surface area contributed by atoms with Gasteiger partial charge < -0.3 is 19.8 Å². The first-order valence-corrected chi connectivity index (χ1v) is 9.16. The molecule has 2 aliphatic carbocycles. The fourth-order valence-electron chi connectivity index (χ4n) is 3.74. The average Bonchev–Trinajstić information content (AvgIpc) is 3.29. The zero-order chi connectivity index (χ0) is 19.1. The number of carbonyl (C=O) groups excluding carboxylic acids is 1. The van der Waals surface area contributed by atoms with Crippen molar-refractivity contribution in [1.82, 2.24) is 20.2 Å². The summed E-state index contributed by atoms with van der Waals surface area (Å²) in [4.78, 5) is 44.2. The molecule has 2 aromatic rings. The normalized spacial score (nSPS) is 22.0. The summed E-state index contributed by atoms with van der Waals surface area (Å²) in [6.07, 6.45) is 4.98. The van der Waals surface area contributed by atoms with E-state index in [1.165, 1.54) is 19.2 Å². The lowest BCUT2D eigenvalue weighted by atomic mass is 9.85. The number of furan rings is 1. The van der Waals surface area contributed by atoms with Gasteiger partial charge in [-0.25, -0.2) is 4.98 Å². The Kier molecular flexibility index (Phi) is 4.47. The minimum atomic E-state index is -0.824. The molecule has 0 unspecified atom stereocenters. The summed E-state index contributed by atoms with van der Waals surface area (Å²) in [6, 6.07) is 0.123. The first-order valence-electron chi connectivity index (χ1n) is 9.16. The van der Waals surface area contributed by atoms with Gasteiger partial charge in [-0.05, 0) is 38.5 Å². The number of hydrogen-bond acceptors (Lipinski definition) is 6. The van der Waals surface area contributed by atoms with Crippen LogP contribution in [-0.4, -0.2) is 57.0 Å². The third-order valence-electron chi connectivity index (χ3n) is 5.39. The lowest BCUT2D eigenvalue weighted by Crippen LogP contribution is -2.55. The Morgan fingerprint density at radius 2 is 2.15 bits per heavy atom. The van der Waals surface area contributed by atoms with Gasteiger partial charge in [0, 0.05) is 18.6 Å². The van der Waals surface area contributed by atoms with Crippen molar-refractivity contribution < 1.29 is 19.1 Å². The molecule has 0 spiro atoms. The summed E-state index contributed by atoms with van der Waals surface area (Å²) in [5.74, 6) is -0.225. The number of aromatic amines is 1. The number of H-pyrrole nitrogens is 1. The zero-order valence-corrected chi connectivity index (χ0v) is 15.0. The summed E-state index contributed by atoms with van der Waals surface area (Å²) in [6.45, 7) is 2.47. The van der Waals surface area contributed by atoms with E-state index < -0.39 is 11.5 Å². The molecule has 3 N–H and O–H groups in total. The van der Waals surface area contributed by atoms with Crippen molar-refractivity contribution >= 4 is 23.0 Å². The van der Waals surface area contributed by atoms with Gasteiger partial charge in [-0.1, -0.05) is 0 Å². The second kappa shape index (κ2) is 6.80. The first kappa shape index (κ1) is 17.7. The number of aromatic nitrogens is 2. The molecular formula is C18H22N4O5. The second-order valence-corrected chi connectivity index (χ2v) is 7.51. The molecule has 0 aliphatic heterocycles. The fourth-order valence-corrected chi connectivity index (χ4v) is 3.74. The Morgan fingerprint density at radius 1 is 1.41 bits per heavy atom. The first-order chi connectivity index (χ1) is 12.9. The molecule has 2 aromatic heterocycles. The summed E-state index contributed by atoms with van der Waals surface area (Å²) >= 11 is 0. The molecule has 4 rings (SSSR count). The highest BCUT2D eigenvalue weighted by atomic mass is 16.4. The van der Waals surface area contributed by atoms with Gasteiger partial charge in [0.15, 0.2) is 0 Å². The highest BCUT2D eigenvalue weighted by Gasteiger charge is 2.38. The van der Waals surface area contributed by atoms with E-state index in [0.29, 0.717) is 24.5 Å². The maximum absolute atomic E-state index is 12.7. The number of nitrogens with zero attached hydrogens (tertiary/aromatic N) is 2. The topological polar surface area (TPSA) is 129 Å². The van der Waals surface area contributed by atoms with Crippen LogP contribution in [0.3, 0.4) is 0 Å². The maximum atomic E-state index is 12.7. The van der Waals surface area contributed by atoms with Gasteiger partial charge in [-0.2, -0.15) is 0 Å². The van der Waals surface area contributed by atoms with Crippen LogP contribution in [0.5, 0.6) is 0 Å². The number of rotatable bonds is 7. The summed E-state index contributed by atoms with van der Waals surface area (Å²) < 4.78 is 5.42. The Bertz CT molecular complexity index is 939. The van der Waals surface area contributed by atoms with Gasteiger partial charge in [0.05, 0.1) is 18.4 Å². The highest BCUT2D eigenvalue weighted by molar-refractivity contribution is 6.06. The zero-order valence-electron chi connectivity index (χ0n) is 15.0. The van der Waals surface area contributed by atoms with E-state index in [1.807, 2.05) is 4.90 Å². The number of nitrogens with one attached hydrogen (secondary N) is 2. The molecule has 0 atom stereocenters. The maximum Gasteiger partial charge on any atom is 0.317 e. The fraction of sp³-hybridized carbons (Fsp3) is 0.556. The number of hydrogen-bond donors (Lipinski definition) is 3. The van der Waals surface area contributed by atoms with Crippen molar-refractivity contribution in [2.24, 2.45) is 5.92 Å². The molecule has 0 aromatic carbocycles. The van der Waals surface area contributed by atoms with Gasteiger partial charge in [0.25, 0.3) is 11.5 Å². The Hall–Kier alpha value is -2.68. The average molecular weight is 374 g/mol. The van der Waals surface area contributed by atoms with Crippen molar-refractivity contribution in [2.75, 3.05) is 13.1 Å². The molecule has 2 fully saturated rings. The molecule has 2 heterocycles. The monoisotopic (exact) mass is 374 g/mol. The largest absolute Gasteiger partial charge is 0.480 e. The van der Waals surface area contributed by atoms with Crippen LogP contribution < -0.4 is 10.9 Å². The van der Waals surface area contributed by atoms with Gasteiger partial charge in [-0.3, -0.25) is 19.3 Å². The van der Waals surface area contributed by atoms with Gasteiger partial charge in [-0.15, -0.1) is 0 Å². The minimum absolute atomic E-state index is 0.0361. The van der Waals surface area contributed by atoms with Crippen LogP contribution in [0, 0.1) is 12.8 Å². The summed E-state index contributed by atoms with van der Waals surface area (Å²) in [5.41, 5.74) is -0.0568. The van der Waals surface area contributed by atoms with E-state index in [0.717, 1.165) is 6.54 Å². The van der Waals surface area contributed by atoms with Crippen molar-refractivity contribution in [3.63, 3.8) is 0 Å². The van der Waals surface area contributed by atoms with Crippen LogP contribution in [0.2, 0.25) is 0 Å².